The van der Waals surface area contributed by atoms with Crippen LogP contribution in [0.4, 0.5) is 0 Å². The summed E-state index contributed by atoms with van der Waals surface area (Å²) in [5.74, 6) is 0.494. The molecule has 1 aromatic heterocycles. The molecular formula is C23H24Cl2N4OS. The highest BCUT2D eigenvalue weighted by atomic mass is 35.5. The quantitative estimate of drug-likeness (QED) is 0.452. The lowest BCUT2D eigenvalue weighted by Gasteiger charge is -2.22. The predicted octanol–water partition coefficient (Wildman–Crippen LogP) is 6.13. The Morgan fingerprint density at radius 2 is 1.94 bits per heavy atom. The molecule has 0 atom stereocenters. The summed E-state index contributed by atoms with van der Waals surface area (Å²) in [5, 5.41) is 8.84. The van der Waals surface area contributed by atoms with E-state index in [0.717, 1.165) is 36.9 Å². The summed E-state index contributed by atoms with van der Waals surface area (Å²) in [5.41, 5.74) is 2.66. The second-order valence-electron chi connectivity index (χ2n) is 7.96. The lowest BCUT2D eigenvalue weighted by atomic mass is 9.95. The molecule has 1 saturated carbocycles. The Balaban J connectivity index is 1.73. The number of nitrogens with zero attached hydrogens (tertiary/aromatic N) is 3. The van der Waals surface area contributed by atoms with E-state index in [1.807, 2.05) is 41.8 Å². The maximum absolute atomic E-state index is 12.7. The van der Waals surface area contributed by atoms with Crippen LogP contribution in [0, 0.1) is 11.7 Å². The Bertz CT molecular complexity index is 1160. The van der Waals surface area contributed by atoms with Crippen molar-refractivity contribution in [1.82, 2.24) is 19.7 Å². The first-order chi connectivity index (χ1) is 14.9. The van der Waals surface area contributed by atoms with Crippen molar-refractivity contribution in [2.45, 2.75) is 51.6 Å². The average molecular weight is 475 g/mol. The fraction of sp³-hybridized carbons (Fsp3) is 0.348. The number of halogens is 2. The summed E-state index contributed by atoms with van der Waals surface area (Å²) in [6.07, 6.45) is 5.61. The molecule has 1 heterocycles. The lowest BCUT2D eigenvalue weighted by Crippen LogP contribution is -2.38. The van der Waals surface area contributed by atoms with Crippen LogP contribution in [-0.4, -0.2) is 26.3 Å². The SMILES string of the molecule is Cc1cccc(-n2c(-c3ccc(Cl)cc3Cl)nn(CC(=O)NC3CCCCC3)c2=S)c1. The fourth-order valence-corrected chi connectivity index (χ4v) is 4.80. The normalized spacial score (nSPS) is 14.5. The summed E-state index contributed by atoms with van der Waals surface area (Å²) < 4.78 is 3.85. The molecule has 0 spiro atoms. The van der Waals surface area contributed by atoms with Crippen LogP contribution in [0.15, 0.2) is 42.5 Å². The number of rotatable bonds is 5. The Hall–Kier alpha value is -2.15. The number of amides is 1. The average Bonchev–Trinajstić information content (AvgIpc) is 3.04. The highest BCUT2D eigenvalue weighted by Crippen LogP contribution is 2.31. The van der Waals surface area contributed by atoms with Gasteiger partial charge in [0.05, 0.1) is 10.7 Å². The first-order valence-electron chi connectivity index (χ1n) is 10.4. The first-order valence-corrected chi connectivity index (χ1v) is 11.6. The smallest absolute Gasteiger partial charge is 0.242 e. The lowest BCUT2D eigenvalue weighted by molar-refractivity contribution is -0.122. The minimum atomic E-state index is -0.0781. The van der Waals surface area contributed by atoms with E-state index < -0.39 is 0 Å². The van der Waals surface area contributed by atoms with Crippen molar-refractivity contribution < 1.29 is 4.79 Å². The van der Waals surface area contributed by atoms with E-state index in [0.29, 0.717) is 26.2 Å². The van der Waals surface area contributed by atoms with Gasteiger partial charge in [0.1, 0.15) is 6.54 Å². The molecule has 1 amide bonds. The van der Waals surface area contributed by atoms with Crippen molar-refractivity contribution in [3.63, 3.8) is 0 Å². The van der Waals surface area contributed by atoms with Crippen LogP contribution >= 0.6 is 35.4 Å². The molecule has 1 aliphatic carbocycles. The van der Waals surface area contributed by atoms with E-state index in [2.05, 4.69) is 5.32 Å². The number of nitrogens with one attached hydrogen (secondary N) is 1. The number of hydrogen-bond donors (Lipinski definition) is 1. The van der Waals surface area contributed by atoms with E-state index in [-0.39, 0.29) is 18.5 Å². The monoisotopic (exact) mass is 474 g/mol. The third-order valence-electron chi connectivity index (χ3n) is 5.53. The molecule has 0 aliphatic heterocycles. The third kappa shape index (κ3) is 5.03. The largest absolute Gasteiger partial charge is 0.352 e. The zero-order valence-corrected chi connectivity index (χ0v) is 19.6. The molecule has 1 aliphatic rings. The van der Waals surface area contributed by atoms with E-state index in [1.54, 1.807) is 16.8 Å². The number of carbonyl (C=O) groups excluding carboxylic acids is 1. The van der Waals surface area contributed by atoms with Crippen molar-refractivity contribution in [2.24, 2.45) is 0 Å². The van der Waals surface area contributed by atoms with Crippen molar-refractivity contribution in [1.29, 1.82) is 0 Å². The molecule has 0 unspecified atom stereocenters. The summed E-state index contributed by atoms with van der Waals surface area (Å²) in [6, 6.07) is 13.5. The van der Waals surface area contributed by atoms with Crippen molar-refractivity contribution >= 4 is 41.3 Å². The summed E-state index contributed by atoms with van der Waals surface area (Å²) in [4.78, 5) is 12.7. The van der Waals surface area contributed by atoms with Crippen LogP contribution in [0.25, 0.3) is 17.1 Å². The minimum absolute atomic E-state index is 0.0619. The van der Waals surface area contributed by atoms with Gasteiger partial charge in [-0.25, -0.2) is 4.68 Å². The predicted molar refractivity (Wildman–Crippen MR) is 128 cm³/mol. The van der Waals surface area contributed by atoms with Gasteiger partial charge in [0.15, 0.2) is 5.82 Å². The molecule has 1 fully saturated rings. The standard InChI is InChI=1S/C23H24Cl2N4OS/c1-15-6-5-9-18(12-15)29-22(19-11-10-16(24)13-20(19)25)27-28(23(29)31)14-21(30)26-17-7-3-2-4-8-17/h5-6,9-13,17H,2-4,7-8,14H2,1H3,(H,26,30). The van der Waals surface area contributed by atoms with Crippen LogP contribution in [0.5, 0.6) is 0 Å². The van der Waals surface area contributed by atoms with Crippen LogP contribution in [0.3, 0.4) is 0 Å². The highest BCUT2D eigenvalue weighted by molar-refractivity contribution is 7.71. The Labute approximate surface area is 197 Å². The Morgan fingerprint density at radius 1 is 1.16 bits per heavy atom. The molecule has 31 heavy (non-hydrogen) atoms. The van der Waals surface area contributed by atoms with Gasteiger partial charge in [-0.05, 0) is 67.9 Å². The number of aromatic nitrogens is 3. The van der Waals surface area contributed by atoms with Gasteiger partial charge in [0, 0.05) is 16.6 Å². The molecule has 4 rings (SSSR count). The van der Waals surface area contributed by atoms with Gasteiger partial charge in [-0.1, -0.05) is 54.6 Å². The van der Waals surface area contributed by atoms with Gasteiger partial charge < -0.3 is 5.32 Å². The van der Waals surface area contributed by atoms with Gasteiger partial charge in [-0.15, -0.1) is 0 Å². The maximum atomic E-state index is 12.7. The van der Waals surface area contributed by atoms with E-state index in [9.17, 15) is 4.79 Å². The van der Waals surface area contributed by atoms with Crippen molar-refractivity contribution in [2.75, 3.05) is 0 Å². The Morgan fingerprint density at radius 3 is 2.65 bits per heavy atom. The van der Waals surface area contributed by atoms with Crippen LogP contribution in [-0.2, 0) is 11.3 Å². The zero-order valence-electron chi connectivity index (χ0n) is 17.3. The molecule has 0 radical (unpaired) electrons. The number of benzene rings is 2. The van der Waals surface area contributed by atoms with Gasteiger partial charge >= 0.3 is 0 Å². The highest BCUT2D eigenvalue weighted by Gasteiger charge is 2.20. The summed E-state index contributed by atoms with van der Waals surface area (Å²) >= 11 is 18.3. The molecule has 1 N–H and O–H groups in total. The summed E-state index contributed by atoms with van der Waals surface area (Å²) in [6.45, 7) is 2.08. The molecular weight excluding hydrogens is 451 g/mol. The molecule has 3 aromatic rings. The van der Waals surface area contributed by atoms with Crippen molar-refractivity contribution in [3.05, 3.63) is 62.8 Å². The van der Waals surface area contributed by atoms with Gasteiger partial charge in [-0.2, -0.15) is 5.10 Å². The topological polar surface area (TPSA) is 51.9 Å². The molecule has 2 aromatic carbocycles. The first kappa shape index (κ1) is 22.1. The molecule has 0 saturated heterocycles. The molecule has 8 heteroatoms. The van der Waals surface area contributed by atoms with Crippen molar-refractivity contribution in [3.8, 4) is 17.1 Å². The van der Waals surface area contributed by atoms with E-state index in [1.165, 1.54) is 6.42 Å². The fourth-order valence-electron chi connectivity index (χ4n) is 4.01. The van der Waals surface area contributed by atoms with Gasteiger partial charge in [0.2, 0.25) is 10.7 Å². The maximum Gasteiger partial charge on any atom is 0.242 e. The third-order valence-corrected chi connectivity index (χ3v) is 6.48. The van der Waals surface area contributed by atoms with Crippen LogP contribution in [0.2, 0.25) is 10.0 Å². The van der Waals surface area contributed by atoms with E-state index >= 15 is 0 Å². The Kier molecular flexibility index (Phi) is 6.80. The van der Waals surface area contributed by atoms with Crippen LogP contribution < -0.4 is 5.32 Å². The second kappa shape index (κ2) is 9.55. The summed E-state index contributed by atoms with van der Waals surface area (Å²) in [7, 11) is 0. The van der Waals surface area contributed by atoms with Gasteiger partial charge in [0.25, 0.3) is 0 Å². The molecule has 5 nitrogen and oxygen atoms in total. The van der Waals surface area contributed by atoms with Gasteiger partial charge in [-0.3, -0.25) is 9.36 Å². The number of carbonyl (C=O) groups is 1. The number of aryl methyl sites for hydroxylation is 1. The van der Waals surface area contributed by atoms with Crippen LogP contribution in [0.1, 0.15) is 37.7 Å². The molecule has 0 bridgehead atoms. The second-order valence-corrected chi connectivity index (χ2v) is 9.17. The molecule has 162 valence electrons. The zero-order chi connectivity index (χ0) is 22.0. The van der Waals surface area contributed by atoms with E-state index in [4.69, 9.17) is 40.5 Å². The number of hydrogen-bond acceptors (Lipinski definition) is 3. The minimum Gasteiger partial charge on any atom is -0.352 e.